The van der Waals surface area contributed by atoms with Gasteiger partial charge < -0.3 is 14.8 Å². The van der Waals surface area contributed by atoms with Crippen LogP contribution in [0.25, 0.3) is 0 Å². The van der Waals surface area contributed by atoms with Crippen LogP contribution in [0.1, 0.15) is 10.6 Å². The lowest BCUT2D eigenvalue weighted by Crippen LogP contribution is -2.20. The zero-order chi connectivity index (χ0) is 14.3. The summed E-state index contributed by atoms with van der Waals surface area (Å²) in [5.41, 5.74) is 0. The van der Waals surface area contributed by atoms with Crippen LogP contribution in [0.15, 0.2) is 12.3 Å². The van der Waals surface area contributed by atoms with Gasteiger partial charge in [0.25, 0.3) is 0 Å². The molecule has 19 heavy (non-hydrogen) atoms. The second-order valence-electron chi connectivity index (χ2n) is 3.35. The van der Waals surface area contributed by atoms with Gasteiger partial charge in [-0.05, 0) is 6.07 Å². The van der Waals surface area contributed by atoms with Crippen LogP contribution in [0.5, 0.6) is 0 Å². The van der Waals surface area contributed by atoms with Gasteiger partial charge in [0.15, 0.2) is 0 Å². The van der Waals surface area contributed by atoms with Gasteiger partial charge in [0.1, 0.15) is 12.4 Å². The molecule has 0 saturated heterocycles. The molecule has 1 N–H and O–H groups in total. The van der Waals surface area contributed by atoms with Gasteiger partial charge in [-0.2, -0.15) is 13.2 Å². The molecule has 0 spiro atoms. The Morgan fingerprint density at radius 3 is 2.84 bits per heavy atom. The number of ether oxygens (including phenoxy) is 2. The van der Waals surface area contributed by atoms with Crippen LogP contribution in [0.3, 0.4) is 0 Å². The smallest absolute Gasteiger partial charge is 0.411 e. The molecule has 6 nitrogen and oxygen atoms in total. The van der Waals surface area contributed by atoms with Crippen molar-refractivity contribution in [2.45, 2.75) is 6.18 Å². The number of aromatic nitrogens is 2. The molecule has 0 amide bonds. The number of halogens is 3. The van der Waals surface area contributed by atoms with Crippen molar-refractivity contribution in [3.63, 3.8) is 0 Å². The van der Waals surface area contributed by atoms with Crippen LogP contribution in [-0.4, -0.2) is 49.0 Å². The molecule has 1 aromatic rings. The SMILES string of the molecule is COC(=O)c1nccc(NCCOCC(F)(F)F)n1. The molecule has 1 aromatic heterocycles. The summed E-state index contributed by atoms with van der Waals surface area (Å²) in [5.74, 6) is -0.535. The number of carbonyl (C=O) groups excluding carboxylic acids is 1. The molecule has 0 atom stereocenters. The molecule has 0 radical (unpaired) electrons. The molecule has 1 rings (SSSR count). The maximum atomic E-state index is 11.8. The summed E-state index contributed by atoms with van der Waals surface area (Å²) in [6.45, 7) is -1.32. The quantitative estimate of drug-likeness (QED) is 0.624. The molecule has 0 fully saturated rings. The van der Waals surface area contributed by atoms with E-state index in [0.717, 1.165) is 0 Å². The van der Waals surface area contributed by atoms with E-state index in [1.165, 1.54) is 19.4 Å². The van der Waals surface area contributed by atoms with E-state index in [-0.39, 0.29) is 19.0 Å². The fourth-order valence-electron chi connectivity index (χ4n) is 1.09. The number of esters is 1. The standard InChI is InChI=1S/C10H12F3N3O3/c1-18-9(17)8-15-3-2-7(16-8)14-4-5-19-6-10(11,12)13/h2-3H,4-6H2,1H3,(H,14,15,16). The van der Waals surface area contributed by atoms with Crippen LogP contribution in [-0.2, 0) is 9.47 Å². The van der Waals surface area contributed by atoms with Crippen LogP contribution < -0.4 is 5.32 Å². The van der Waals surface area contributed by atoms with Gasteiger partial charge in [-0.15, -0.1) is 0 Å². The molecule has 0 aliphatic carbocycles. The number of methoxy groups -OCH3 is 1. The monoisotopic (exact) mass is 279 g/mol. The second-order valence-corrected chi connectivity index (χ2v) is 3.35. The minimum atomic E-state index is -4.34. The van der Waals surface area contributed by atoms with Crippen molar-refractivity contribution in [2.24, 2.45) is 0 Å². The third-order valence-corrected chi connectivity index (χ3v) is 1.84. The molecule has 1 heterocycles. The number of rotatable bonds is 6. The van der Waals surface area contributed by atoms with E-state index in [9.17, 15) is 18.0 Å². The minimum absolute atomic E-state index is 0.119. The number of alkyl halides is 3. The van der Waals surface area contributed by atoms with Crippen molar-refractivity contribution < 1.29 is 27.4 Å². The first kappa shape index (κ1) is 15.2. The molecular weight excluding hydrogens is 267 g/mol. The summed E-state index contributed by atoms with van der Waals surface area (Å²) in [7, 11) is 1.19. The van der Waals surface area contributed by atoms with Gasteiger partial charge in [-0.1, -0.05) is 0 Å². The number of hydrogen-bond donors (Lipinski definition) is 1. The average molecular weight is 279 g/mol. The first-order valence-electron chi connectivity index (χ1n) is 5.22. The van der Waals surface area contributed by atoms with E-state index in [4.69, 9.17) is 0 Å². The summed E-state index contributed by atoms with van der Waals surface area (Å²) in [6.07, 6.45) is -3.01. The lowest BCUT2D eigenvalue weighted by Gasteiger charge is -2.09. The highest BCUT2D eigenvalue weighted by atomic mass is 19.4. The van der Waals surface area contributed by atoms with E-state index < -0.39 is 18.8 Å². The maximum Gasteiger partial charge on any atom is 0.411 e. The molecule has 106 valence electrons. The molecule has 0 aromatic carbocycles. The van der Waals surface area contributed by atoms with E-state index in [1.807, 2.05) is 0 Å². The molecule has 0 aliphatic rings. The van der Waals surface area contributed by atoms with E-state index in [0.29, 0.717) is 5.82 Å². The largest absolute Gasteiger partial charge is 0.463 e. The maximum absolute atomic E-state index is 11.8. The molecule has 0 saturated carbocycles. The lowest BCUT2D eigenvalue weighted by molar-refractivity contribution is -0.172. The van der Waals surface area contributed by atoms with Crippen molar-refractivity contribution in [2.75, 3.05) is 32.2 Å². The number of carbonyl (C=O) groups is 1. The Morgan fingerprint density at radius 2 is 2.21 bits per heavy atom. The number of hydrogen-bond acceptors (Lipinski definition) is 6. The average Bonchev–Trinajstić information content (AvgIpc) is 2.36. The van der Waals surface area contributed by atoms with Gasteiger partial charge in [0.05, 0.1) is 13.7 Å². The van der Waals surface area contributed by atoms with Gasteiger partial charge in [-0.25, -0.2) is 14.8 Å². The van der Waals surface area contributed by atoms with Crippen molar-refractivity contribution in [3.8, 4) is 0 Å². The van der Waals surface area contributed by atoms with Crippen LogP contribution >= 0.6 is 0 Å². The van der Waals surface area contributed by atoms with Gasteiger partial charge in [-0.3, -0.25) is 0 Å². The normalized spacial score (nSPS) is 11.2. The summed E-state index contributed by atoms with van der Waals surface area (Å²) in [5, 5.41) is 2.70. The fourth-order valence-corrected chi connectivity index (χ4v) is 1.09. The van der Waals surface area contributed by atoms with E-state index in [1.54, 1.807) is 0 Å². The van der Waals surface area contributed by atoms with Crippen molar-refractivity contribution in [1.82, 2.24) is 9.97 Å². The van der Waals surface area contributed by atoms with Crippen LogP contribution in [0, 0.1) is 0 Å². The highest BCUT2D eigenvalue weighted by Gasteiger charge is 2.27. The predicted octanol–water partition coefficient (Wildman–Crippen LogP) is 1.25. The molecule has 0 aliphatic heterocycles. The fraction of sp³-hybridized carbons (Fsp3) is 0.500. The van der Waals surface area contributed by atoms with E-state index >= 15 is 0 Å². The number of nitrogens with one attached hydrogen (secondary N) is 1. The summed E-state index contributed by atoms with van der Waals surface area (Å²) in [6, 6.07) is 1.47. The minimum Gasteiger partial charge on any atom is -0.463 e. The number of nitrogens with zero attached hydrogens (tertiary/aromatic N) is 2. The van der Waals surface area contributed by atoms with Crippen LogP contribution in [0.4, 0.5) is 19.0 Å². The Labute approximate surface area is 106 Å². The molecule has 9 heteroatoms. The topological polar surface area (TPSA) is 73.3 Å². The van der Waals surface area contributed by atoms with Gasteiger partial charge >= 0.3 is 12.1 Å². The lowest BCUT2D eigenvalue weighted by atomic mass is 10.5. The Morgan fingerprint density at radius 1 is 1.47 bits per heavy atom. The summed E-state index contributed by atoms with van der Waals surface area (Å²) < 4.78 is 44.1. The summed E-state index contributed by atoms with van der Waals surface area (Å²) in [4.78, 5) is 18.6. The molecular formula is C10H12F3N3O3. The first-order chi connectivity index (χ1) is 8.92. The number of anilines is 1. The first-order valence-corrected chi connectivity index (χ1v) is 5.22. The summed E-state index contributed by atoms with van der Waals surface area (Å²) >= 11 is 0. The third-order valence-electron chi connectivity index (χ3n) is 1.84. The zero-order valence-electron chi connectivity index (χ0n) is 10.0. The van der Waals surface area contributed by atoms with Crippen molar-refractivity contribution in [3.05, 3.63) is 18.1 Å². The Balaban J connectivity index is 2.35. The van der Waals surface area contributed by atoms with Crippen molar-refractivity contribution in [1.29, 1.82) is 0 Å². The van der Waals surface area contributed by atoms with Crippen molar-refractivity contribution >= 4 is 11.8 Å². The van der Waals surface area contributed by atoms with Gasteiger partial charge in [0, 0.05) is 12.7 Å². The van der Waals surface area contributed by atoms with Crippen LogP contribution in [0.2, 0.25) is 0 Å². The zero-order valence-corrected chi connectivity index (χ0v) is 10.0. The Hall–Kier alpha value is -1.90. The predicted molar refractivity (Wildman–Crippen MR) is 58.7 cm³/mol. The Kier molecular flexibility index (Phi) is 5.49. The highest BCUT2D eigenvalue weighted by Crippen LogP contribution is 2.14. The molecule has 0 bridgehead atoms. The Bertz CT molecular complexity index is 426. The van der Waals surface area contributed by atoms with E-state index in [2.05, 4.69) is 24.8 Å². The molecule has 0 unspecified atom stereocenters. The third kappa shape index (κ3) is 6.00. The second kappa shape index (κ2) is 6.88. The highest BCUT2D eigenvalue weighted by molar-refractivity contribution is 5.85. The van der Waals surface area contributed by atoms with Gasteiger partial charge in [0.2, 0.25) is 5.82 Å².